The van der Waals surface area contributed by atoms with Gasteiger partial charge in [-0.3, -0.25) is 4.79 Å². The molecule has 88 valence electrons. The number of aryl methyl sites for hydroxylation is 1. The summed E-state index contributed by atoms with van der Waals surface area (Å²) in [6, 6.07) is 1.77. The van der Waals surface area contributed by atoms with Crippen LogP contribution in [0.5, 0.6) is 0 Å². The van der Waals surface area contributed by atoms with E-state index in [1.807, 2.05) is 0 Å². The lowest BCUT2D eigenvalue weighted by Crippen LogP contribution is -2.30. The van der Waals surface area contributed by atoms with E-state index in [0.29, 0.717) is 17.6 Å². The summed E-state index contributed by atoms with van der Waals surface area (Å²) in [4.78, 5) is 18.0. The van der Waals surface area contributed by atoms with E-state index in [-0.39, 0.29) is 11.6 Å². The van der Waals surface area contributed by atoms with Crippen LogP contribution in [0.25, 0.3) is 0 Å². The molecule has 0 radical (unpaired) electrons. The van der Waals surface area contributed by atoms with Crippen LogP contribution in [0.3, 0.4) is 0 Å². The molecule has 1 aliphatic rings. The van der Waals surface area contributed by atoms with Crippen molar-refractivity contribution in [2.45, 2.75) is 32.2 Å². The molecule has 0 aliphatic heterocycles. The number of rotatable bonds is 3. The average molecular weight is 222 g/mol. The van der Waals surface area contributed by atoms with Crippen molar-refractivity contribution in [1.82, 2.24) is 9.97 Å². The zero-order chi connectivity index (χ0) is 11.5. The molecule has 16 heavy (non-hydrogen) atoms. The molecular weight excluding hydrogens is 204 g/mol. The molecular formula is C11H18N4O. The predicted molar refractivity (Wildman–Crippen MR) is 63.4 cm³/mol. The first-order valence-corrected chi connectivity index (χ1v) is 5.72. The highest BCUT2D eigenvalue weighted by atomic mass is 16.1. The maximum Gasteiger partial charge on any atom is 0.252 e. The molecule has 2 unspecified atom stereocenters. The molecule has 1 fully saturated rings. The number of H-pyrrole nitrogens is 1. The van der Waals surface area contributed by atoms with Gasteiger partial charge in [-0.05, 0) is 25.7 Å². The Morgan fingerprint density at radius 2 is 2.44 bits per heavy atom. The fourth-order valence-electron chi connectivity index (χ4n) is 2.22. The van der Waals surface area contributed by atoms with Crippen molar-refractivity contribution in [2.24, 2.45) is 11.7 Å². The molecule has 4 N–H and O–H groups in total. The standard InChI is InChI=1S/C11H18N4O/c1-7-14-10(5-11(16)15-7)13-6-8-3-2-4-9(8)12/h5,8-9H,2-4,6,12H2,1H3,(H2,13,14,15,16). The number of hydrogen-bond donors (Lipinski definition) is 3. The summed E-state index contributed by atoms with van der Waals surface area (Å²) < 4.78 is 0. The SMILES string of the molecule is Cc1nc(NCC2CCCC2N)cc(=O)[nH]1. The monoisotopic (exact) mass is 222 g/mol. The summed E-state index contributed by atoms with van der Waals surface area (Å²) in [7, 11) is 0. The number of aromatic nitrogens is 2. The van der Waals surface area contributed by atoms with Crippen molar-refractivity contribution in [2.75, 3.05) is 11.9 Å². The Kier molecular flexibility index (Phi) is 3.24. The summed E-state index contributed by atoms with van der Waals surface area (Å²) in [5.74, 6) is 1.77. The van der Waals surface area contributed by atoms with Crippen molar-refractivity contribution in [1.29, 1.82) is 0 Å². The van der Waals surface area contributed by atoms with Crippen LogP contribution < -0.4 is 16.6 Å². The van der Waals surface area contributed by atoms with Crippen LogP contribution >= 0.6 is 0 Å². The van der Waals surface area contributed by atoms with Crippen LogP contribution in [0.1, 0.15) is 25.1 Å². The fraction of sp³-hybridized carbons (Fsp3) is 0.636. The molecule has 2 rings (SSSR count). The van der Waals surface area contributed by atoms with E-state index in [0.717, 1.165) is 19.4 Å². The molecule has 0 amide bonds. The molecule has 0 bridgehead atoms. The van der Waals surface area contributed by atoms with Gasteiger partial charge in [-0.15, -0.1) is 0 Å². The number of anilines is 1. The van der Waals surface area contributed by atoms with Gasteiger partial charge in [0.2, 0.25) is 0 Å². The predicted octanol–water partition coefficient (Wildman–Crippen LogP) is 0.618. The molecule has 0 saturated heterocycles. The maximum atomic E-state index is 11.2. The smallest absolute Gasteiger partial charge is 0.252 e. The normalized spacial score (nSPS) is 24.6. The fourth-order valence-corrected chi connectivity index (χ4v) is 2.22. The largest absolute Gasteiger partial charge is 0.370 e. The minimum atomic E-state index is -0.120. The van der Waals surface area contributed by atoms with Gasteiger partial charge in [0.1, 0.15) is 11.6 Å². The second kappa shape index (κ2) is 4.65. The van der Waals surface area contributed by atoms with E-state index in [2.05, 4.69) is 15.3 Å². The molecule has 0 aromatic carbocycles. The van der Waals surface area contributed by atoms with Gasteiger partial charge < -0.3 is 16.0 Å². The number of nitrogens with one attached hydrogen (secondary N) is 2. The number of nitrogens with two attached hydrogens (primary N) is 1. The number of nitrogens with zero attached hydrogens (tertiary/aromatic N) is 1. The summed E-state index contributed by atoms with van der Waals surface area (Å²) >= 11 is 0. The van der Waals surface area contributed by atoms with Crippen LogP contribution in [-0.4, -0.2) is 22.6 Å². The Hall–Kier alpha value is -1.36. The molecule has 1 aliphatic carbocycles. The molecule has 5 nitrogen and oxygen atoms in total. The third-order valence-electron chi connectivity index (χ3n) is 3.12. The summed E-state index contributed by atoms with van der Waals surface area (Å²) in [5.41, 5.74) is 5.85. The minimum Gasteiger partial charge on any atom is -0.370 e. The van der Waals surface area contributed by atoms with Crippen molar-refractivity contribution in [3.63, 3.8) is 0 Å². The van der Waals surface area contributed by atoms with Gasteiger partial charge in [-0.1, -0.05) is 6.42 Å². The average Bonchev–Trinajstić information content (AvgIpc) is 2.59. The third kappa shape index (κ3) is 2.61. The van der Waals surface area contributed by atoms with Crippen LogP contribution in [0.15, 0.2) is 10.9 Å². The lowest BCUT2D eigenvalue weighted by atomic mass is 10.1. The van der Waals surface area contributed by atoms with Crippen LogP contribution in [0.2, 0.25) is 0 Å². The van der Waals surface area contributed by atoms with Gasteiger partial charge in [0.15, 0.2) is 0 Å². The zero-order valence-corrected chi connectivity index (χ0v) is 9.49. The third-order valence-corrected chi connectivity index (χ3v) is 3.12. The Morgan fingerprint density at radius 3 is 3.06 bits per heavy atom. The molecule has 1 saturated carbocycles. The lowest BCUT2D eigenvalue weighted by molar-refractivity contribution is 0.504. The number of hydrogen-bond acceptors (Lipinski definition) is 4. The summed E-state index contributed by atoms with van der Waals surface area (Å²) in [6.07, 6.45) is 3.47. The van der Waals surface area contributed by atoms with Crippen molar-refractivity contribution in [3.8, 4) is 0 Å². The molecule has 0 spiro atoms. The molecule has 5 heteroatoms. The second-order valence-corrected chi connectivity index (χ2v) is 4.45. The second-order valence-electron chi connectivity index (χ2n) is 4.45. The van der Waals surface area contributed by atoms with E-state index >= 15 is 0 Å². The van der Waals surface area contributed by atoms with Gasteiger partial charge in [-0.25, -0.2) is 4.98 Å². The lowest BCUT2D eigenvalue weighted by Gasteiger charge is -2.16. The molecule has 1 heterocycles. The van der Waals surface area contributed by atoms with Crippen molar-refractivity contribution >= 4 is 5.82 Å². The Balaban J connectivity index is 1.96. The van der Waals surface area contributed by atoms with Crippen LogP contribution in [0, 0.1) is 12.8 Å². The first-order chi connectivity index (χ1) is 7.65. The van der Waals surface area contributed by atoms with Gasteiger partial charge >= 0.3 is 0 Å². The quantitative estimate of drug-likeness (QED) is 0.700. The van der Waals surface area contributed by atoms with Crippen molar-refractivity contribution < 1.29 is 0 Å². The van der Waals surface area contributed by atoms with Crippen molar-refractivity contribution in [3.05, 3.63) is 22.2 Å². The van der Waals surface area contributed by atoms with Crippen LogP contribution in [-0.2, 0) is 0 Å². The molecule has 2 atom stereocenters. The van der Waals surface area contributed by atoms with E-state index in [9.17, 15) is 4.79 Å². The first-order valence-electron chi connectivity index (χ1n) is 5.72. The highest BCUT2D eigenvalue weighted by Crippen LogP contribution is 2.23. The Bertz CT molecular complexity index is 415. The molecule has 1 aromatic rings. The Morgan fingerprint density at radius 1 is 1.62 bits per heavy atom. The van der Waals surface area contributed by atoms with E-state index in [4.69, 9.17) is 5.73 Å². The van der Waals surface area contributed by atoms with Crippen LogP contribution in [0.4, 0.5) is 5.82 Å². The summed E-state index contributed by atoms with van der Waals surface area (Å²) in [6.45, 7) is 2.57. The zero-order valence-electron chi connectivity index (χ0n) is 9.49. The minimum absolute atomic E-state index is 0.120. The highest BCUT2D eigenvalue weighted by Gasteiger charge is 2.23. The van der Waals surface area contributed by atoms with Gasteiger partial charge in [0.25, 0.3) is 5.56 Å². The Labute approximate surface area is 94.5 Å². The van der Waals surface area contributed by atoms with Gasteiger partial charge in [0.05, 0.1) is 0 Å². The number of aromatic amines is 1. The summed E-state index contributed by atoms with van der Waals surface area (Å²) in [5, 5.41) is 3.19. The highest BCUT2D eigenvalue weighted by molar-refractivity contribution is 5.32. The molecule has 1 aromatic heterocycles. The van der Waals surface area contributed by atoms with E-state index in [1.54, 1.807) is 6.92 Å². The van der Waals surface area contributed by atoms with E-state index < -0.39 is 0 Å². The van der Waals surface area contributed by atoms with E-state index in [1.165, 1.54) is 12.5 Å². The first kappa shape index (κ1) is 11.1. The topological polar surface area (TPSA) is 83.8 Å². The van der Waals surface area contributed by atoms with Gasteiger partial charge in [-0.2, -0.15) is 0 Å². The maximum absolute atomic E-state index is 11.2. The van der Waals surface area contributed by atoms with Gasteiger partial charge in [0, 0.05) is 18.7 Å².